The zero-order chi connectivity index (χ0) is 15.5. The third kappa shape index (κ3) is 3.31. The predicted octanol–water partition coefficient (Wildman–Crippen LogP) is 2.34. The molecule has 1 fully saturated rings. The second-order valence-electron chi connectivity index (χ2n) is 5.84. The predicted molar refractivity (Wildman–Crippen MR) is 84.3 cm³/mol. The van der Waals surface area contributed by atoms with Gasteiger partial charge in [0.25, 0.3) is 0 Å². The molecule has 0 aliphatic carbocycles. The van der Waals surface area contributed by atoms with Crippen molar-refractivity contribution in [1.82, 2.24) is 4.90 Å². The van der Waals surface area contributed by atoms with E-state index >= 15 is 0 Å². The Kier molecular flexibility index (Phi) is 4.74. The SMILES string of the molecule is NC(=O)C1CCCCN1Cc1cc(Cl)c2c(c1)OCCCO2. The lowest BCUT2D eigenvalue weighted by molar-refractivity contribution is -0.124. The first-order chi connectivity index (χ1) is 10.6. The number of fused-ring (bicyclic) bond motifs is 1. The molecule has 6 heteroatoms. The molecule has 22 heavy (non-hydrogen) atoms. The highest BCUT2D eigenvalue weighted by Crippen LogP contribution is 2.38. The smallest absolute Gasteiger partial charge is 0.234 e. The maximum absolute atomic E-state index is 11.6. The summed E-state index contributed by atoms with van der Waals surface area (Å²) in [5.41, 5.74) is 6.54. The number of carbonyl (C=O) groups is 1. The Hall–Kier alpha value is -1.46. The van der Waals surface area contributed by atoms with E-state index in [2.05, 4.69) is 4.90 Å². The molecule has 0 bridgehead atoms. The van der Waals surface area contributed by atoms with Crippen LogP contribution in [0, 0.1) is 0 Å². The highest BCUT2D eigenvalue weighted by molar-refractivity contribution is 6.32. The summed E-state index contributed by atoms with van der Waals surface area (Å²) in [4.78, 5) is 13.7. The number of nitrogens with zero attached hydrogens (tertiary/aromatic N) is 1. The molecule has 1 atom stereocenters. The van der Waals surface area contributed by atoms with Crippen LogP contribution in [0.4, 0.5) is 0 Å². The van der Waals surface area contributed by atoms with E-state index in [-0.39, 0.29) is 11.9 Å². The van der Waals surface area contributed by atoms with Crippen LogP contribution < -0.4 is 15.2 Å². The monoisotopic (exact) mass is 324 g/mol. The number of nitrogens with two attached hydrogens (primary N) is 1. The molecule has 2 heterocycles. The number of rotatable bonds is 3. The van der Waals surface area contributed by atoms with Crippen molar-refractivity contribution in [2.24, 2.45) is 5.73 Å². The van der Waals surface area contributed by atoms with E-state index in [0.717, 1.165) is 37.8 Å². The van der Waals surface area contributed by atoms with Crippen LogP contribution in [0.25, 0.3) is 0 Å². The van der Waals surface area contributed by atoms with Gasteiger partial charge in [0.1, 0.15) is 0 Å². The molecule has 1 aromatic carbocycles. The van der Waals surface area contributed by atoms with E-state index in [0.29, 0.717) is 36.3 Å². The largest absolute Gasteiger partial charge is 0.489 e. The van der Waals surface area contributed by atoms with Crippen LogP contribution in [-0.2, 0) is 11.3 Å². The van der Waals surface area contributed by atoms with Crippen LogP contribution in [-0.4, -0.2) is 36.6 Å². The van der Waals surface area contributed by atoms with Crippen LogP contribution >= 0.6 is 11.6 Å². The van der Waals surface area contributed by atoms with Crippen molar-refractivity contribution in [2.75, 3.05) is 19.8 Å². The summed E-state index contributed by atoms with van der Waals surface area (Å²) >= 11 is 6.32. The Morgan fingerprint density at radius 3 is 2.91 bits per heavy atom. The number of hydrogen-bond donors (Lipinski definition) is 1. The number of ether oxygens (including phenoxy) is 2. The van der Waals surface area contributed by atoms with E-state index in [4.69, 9.17) is 26.8 Å². The van der Waals surface area contributed by atoms with Gasteiger partial charge in [-0.15, -0.1) is 0 Å². The summed E-state index contributed by atoms with van der Waals surface area (Å²) in [6, 6.07) is 3.66. The minimum Gasteiger partial charge on any atom is -0.489 e. The highest BCUT2D eigenvalue weighted by Gasteiger charge is 2.27. The van der Waals surface area contributed by atoms with Crippen LogP contribution in [0.3, 0.4) is 0 Å². The van der Waals surface area contributed by atoms with Gasteiger partial charge in [-0.2, -0.15) is 0 Å². The quantitative estimate of drug-likeness (QED) is 0.927. The minimum absolute atomic E-state index is 0.191. The summed E-state index contributed by atoms with van der Waals surface area (Å²) < 4.78 is 11.4. The third-order valence-electron chi connectivity index (χ3n) is 4.19. The number of piperidine rings is 1. The van der Waals surface area contributed by atoms with Crippen LogP contribution in [0.2, 0.25) is 5.02 Å². The van der Waals surface area contributed by atoms with Crippen molar-refractivity contribution in [3.8, 4) is 11.5 Å². The van der Waals surface area contributed by atoms with Crippen LogP contribution in [0.15, 0.2) is 12.1 Å². The van der Waals surface area contributed by atoms with Crippen molar-refractivity contribution >= 4 is 17.5 Å². The molecular formula is C16H21ClN2O3. The van der Waals surface area contributed by atoms with E-state index in [1.807, 2.05) is 12.1 Å². The summed E-state index contributed by atoms with van der Waals surface area (Å²) in [6.07, 6.45) is 3.80. The van der Waals surface area contributed by atoms with Crippen molar-refractivity contribution in [3.63, 3.8) is 0 Å². The first-order valence-electron chi connectivity index (χ1n) is 7.76. The molecule has 0 radical (unpaired) electrons. The van der Waals surface area contributed by atoms with Crippen molar-refractivity contribution in [2.45, 2.75) is 38.3 Å². The summed E-state index contributed by atoms with van der Waals surface area (Å²) in [6.45, 7) is 2.76. The van der Waals surface area contributed by atoms with Crippen LogP contribution in [0.1, 0.15) is 31.2 Å². The number of halogens is 1. The van der Waals surface area contributed by atoms with Crippen molar-refractivity contribution in [1.29, 1.82) is 0 Å². The van der Waals surface area contributed by atoms with Gasteiger partial charge in [-0.3, -0.25) is 9.69 Å². The topological polar surface area (TPSA) is 64.8 Å². The molecule has 5 nitrogen and oxygen atoms in total. The lowest BCUT2D eigenvalue weighted by atomic mass is 10.0. The van der Waals surface area contributed by atoms with E-state index < -0.39 is 0 Å². The van der Waals surface area contributed by atoms with Crippen molar-refractivity contribution in [3.05, 3.63) is 22.7 Å². The van der Waals surface area contributed by atoms with Crippen molar-refractivity contribution < 1.29 is 14.3 Å². The van der Waals surface area contributed by atoms with Gasteiger partial charge in [-0.25, -0.2) is 0 Å². The molecule has 1 unspecified atom stereocenters. The fraction of sp³-hybridized carbons (Fsp3) is 0.562. The second-order valence-corrected chi connectivity index (χ2v) is 6.25. The molecular weight excluding hydrogens is 304 g/mol. The Balaban J connectivity index is 1.81. The van der Waals surface area contributed by atoms with Gasteiger partial charge in [0.05, 0.1) is 24.3 Å². The number of benzene rings is 1. The molecule has 1 aromatic rings. The average molecular weight is 325 g/mol. The molecule has 2 aliphatic rings. The Morgan fingerprint density at radius 2 is 2.09 bits per heavy atom. The molecule has 3 rings (SSSR count). The van der Waals surface area contributed by atoms with E-state index in [1.54, 1.807) is 0 Å². The van der Waals surface area contributed by atoms with Gasteiger partial charge in [0.2, 0.25) is 5.91 Å². The standard InChI is InChI=1S/C16H21ClN2O3/c17-12-8-11(9-14-15(12)22-7-3-6-21-14)10-19-5-2-1-4-13(19)16(18)20/h8-9,13H,1-7,10H2,(H2,18,20). The van der Waals surface area contributed by atoms with E-state index in [9.17, 15) is 4.79 Å². The van der Waals surface area contributed by atoms with Gasteiger partial charge in [0, 0.05) is 13.0 Å². The Labute approximate surface area is 135 Å². The average Bonchev–Trinajstić information content (AvgIpc) is 2.73. The number of primary amides is 1. The maximum Gasteiger partial charge on any atom is 0.234 e. The van der Waals surface area contributed by atoms with Gasteiger partial charge >= 0.3 is 0 Å². The number of likely N-dealkylation sites (tertiary alicyclic amines) is 1. The molecule has 2 aliphatic heterocycles. The number of carbonyl (C=O) groups excluding carboxylic acids is 1. The normalized spacial score (nSPS) is 22.1. The molecule has 2 N–H and O–H groups in total. The summed E-state index contributed by atoms with van der Waals surface area (Å²) in [5.74, 6) is 1.06. The lowest BCUT2D eigenvalue weighted by Crippen LogP contribution is -2.47. The van der Waals surface area contributed by atoms with Gasteiger partial charge in [0.15, 0.2) is 11.5 Å². The fourth-order valence-electron chi connectivity index (χ4n) is 3.11. The first kappa shape index (κ1) is 15.4. The third-order valence-corrected chi connectivity index (χ3v) is 4.47. The molecule has 1 amide bonds. The molecule has 1 saturated heterocycles. The molecule has 120 valence electrons. The minimum atomic E-state index is -0.250. The fourth-order valence-corrected chi connectivity index (χ4v) is 3.40. The highest BCUT2D eigenvalue weighted by atomic mass is 35.5. The zero-order valence-electron chi connectivity index (χ0n) is 12.5. The first-order valence-corrected chi connectivity index (χ1v) is 8.14. The Bertz CT molecular complexity index is 565. The second kappa shape index (κ2) is 6.75. The maximum atomic E-state index is 11.6. The Morgan fingerprint density at radius 1 is 1.27 bits per heavy atom. The molecule has 0 aromatic heterocycles. The van der Waals surface area contributed by atoms with Gasteiger partial charge < -0.3 is 15.2 Å². The van der Waals surface area contributed by atoms with E-state index in [1.165, 1.54) is 0 Å². The van der Waals surface area contributed by atoms with Crippen LogP contribution in [0.5, 0.6) is 11.5 Å². The zero-order valence-corrected chi connectivity index (χ0v) is 13.3. The summed E-state index contributed by atoms with van der Waals surface area (Å²) in [5, 5.41) is 0.557. The number of hydrogen-bond acceptors (Lipinski definition) is 4. The molecule has 0 saturated carbocycles. The van der Waals surface area contributed by atoms with Gasteiger partial charge in [-0.05, 0) is 37.1 Å². The summed E-state index contributed by atoms with van der Waals surface area (Å²) in [7, 11) is 0. The lowest BCUT2D eigenvalue weighted by Gasteiger charge is -2.33. The number of amides is 1. The van der Waals surface area contributed by atoms with Gasteiger partial charge in [-0.1, -0.05) is 18.0 Å². The molecule has 0 spiro atoms.